The number of hydrogen-bond donors (Lipinski definition) is 1. The number of pyridine rings is 1. The number of aromatic amines is 1. The molecule has 110 valence electrons. The standard InChI is InChI=1S/C15H15ClN2O3/c1-18(15(20)11-5-4-8-17-14(11)19)9-10-21-13-7-3-2-6-12(13)16/h2-8H,9-10H2,1H3,(H,17,19). The van der Waals surface area contributed by atoms with Crippen LogP contribution in [0.15, 0.2) is 47.4 Å². The lowest BCUT2D eigenvalue weighted by molar-refractivity contribution is 0.0772. The Balaban J connectivity index is 1.92. The summed E-state index contributed by atoms with van der Waals surface area (Å²) in [5, 5.41) is 0.519. The average molecular weight is 307 g/mol. The van der Waals surface area contributed by atoms with Gasteiger partial charge in [-0.25, -0.2) is 0 Å². The van der Waals surface area contributed by atoms with Gasteiger partial charge in [0.1, 0.15) is 17.9 Å². The Morgan fingerprint density at radius 2 is 2.05 bits per heavy atom. The zero-order valence-corrected chi connectivity index (χ0v) is 12.3. The molecule has 0 spiro atoms. The zero-order chi connectivity index (χ0) is 15.2. The van der Waals surface area contributed by atoms with Gasteiger partial charge in [-0.05, 0) is 24.3 Å². The number of nitrogens with one attached hydrogen (secondary N) is 1. The number of ether oxygens (including phenoxy) is 1. The average Bonchev–Trinajstić information content (AvgIpc) is 2.49. The summed E-state index contributed by atoms with van der Waals surface area (Å²) in [7, 11) is 1.62. The number of rotatable bonds is 5. The second-order valence-electron chi connectivity index (χ2n) is 4.42. The minimum atomic E-state index is -0.402. The number of carbonyl (C=O) groups is 1. The van der Waals surface area contributed by atoms with Gasteiger partial charge < -0.3 is 14.6 Å². The molecule has 2 aromatic rings. The van der Waals surface area contributed by atoms with Crippen molar-refractivity contribution in [3.05, 3.63) is 63.5 Å². The summed E-state index contributed by atoms with van der Waals surface area (Å²) in [5.41, 5.74) is -0.292. The molecule has 0 bridgehead atoms. The van der Waals surface area contributed by atoms with Crippen molar-refractivity contribution in [3.8, 4) is 5.75 Å². The lowest BCUT2D eigenvalue weighted by Crippen LogP contribution is -2.34. The van der Waals surface area contributed by atoms with Crippen LogP contribution in [0, 0.1) is 0 Å². The van der Waals surface area contributed by atoms with Crippen LogP contribution in [-0.2, 0) is 0 Å². The van der Waals surface area contributed by atoms with Crippen molar-refractivity contribution in [2.45, 2.75) is 0 Å². The van der Waals surface area contributed by atoms with Gasteiger partial charge in [-0.2, -0.15) is 0 Å². The summed E-state index contributed by atoms with van der Waals surface area (Å²) >= 11 is 5.97. The first-order chi connectivity index (χ1) is 10.1. The normalized spacial score (nSPS) is 10.2. The maximum atomic E-state index is 12.1. The largest absolute Gasteiger partial charge is 0.490 e. The summed E-state index contributed by atoms with van der Waals surface area (Å²) in [4.78, 5) is 27.6. The Morgan fingerprint density at radius 1 is 1.29 bits per heavy atom. The molecule has 0 fully saturated rings. The lowest BCUT2D eigenvalue weighted by Gasteiger charge is -2.17. The molecule has 1 aromatic heterocycles. The maximum Gasteiger partial charge on any atom is 0.260 e. The van der Waals surface area contributed by atoms with Crippen LogP contribution in [0.1, 0.15) is 10.4 Å². The number of likely N-dealkylation sites (N-methyl/N-ethyl adjacent to an activating group) is 1. The van der Waals surface area contributed by atoms with Crippen molar-refractivity contribution >= 4 is 17.5 Å². The first kappa shape index (κ1) is 15.1. The minimum Gasteiger partial charge on any atom is -0.490 e. The van der Waals surface area contributed by atoms with Gasteiger partial charge in [0.05, 0.1) is 11.6 Å². The van der Waals surface area contributed by atoms with E-state index in [0.717, 1.165) is 0 Å². The number of aromatic nitrogens is 1. The van der Waals surface area contributed by atoms with Gasteiger partial charge >= 0.3 is 0 Å². The summed E-state index contributed by atoms with van der Waals surface area (Å²) in [6.45, 7) is 0.634. The van der Waals surface area contributed by atoms with Crippen LogP contribution in [-0.4, -0.2) is 36.0 Å². The number of nitrogens with zero attached hydrogens (tertiary/aromatic N) is 1. The molecule has 0 aliphatic heterocycles. The number of carbonyl (C=O) groups excluding carboxylic acids is 1. The number of halogens is 1. The van der Waals surface area contributed by atoms with Gasteiger partial charge in [-0.15, -0.1) is 0 Å². The molecule has 1 amide bonds. The minimum absolute atomic E-state index is 0.109. The fraction of sp³-hybridized carbons (Fsp3) is 0.200. The molecule has 6 heteroatoms. The number of benzene rings is 1. The third-order valence-corrected chi connectivity index (χ3v) is 3.23. The van der Waals surface area contributed by atoms with Crippen molar-refractivity contribution in [3.63, 3.8) is 0 Å². The molecule has 0 radical (unpaired) electrons. The Morgan fingerprint density at radius 3 is 2.76 bits per heavy atom. The van der Waals surface area contributed by atoms with E-state index in [4.69, 9.17) is 16.3 Å². The van der Waals surface area contributed by atoms with Crippen molar-refractivity contribution in [1.82, 2.24) is 9.88 Å². The van der Waals surface area contributed by atoms with Crippen molar-refractivity contribution in [2.75, 3.05) is 20.2 Å². The quantitative estimate of drug-likeness (QED) is 0.921. The van der Waals surface area contributed by atoms with E-state index < -0.39 is 5.56 Å². The number of para-hydroxylation sites is 1. The van der Waals surface area contributed by atoms with Gasteiger partial charge in [0.25, 0.3) is 11.5 Å². The molecule has 0 aliphatic carbocycles. The second kappa shape index (κ2) is 6.95. The molecule has 1 aromatic carbocycles. The summed E-state index contributed by atoms with van der Waals surface area (Å²) < 4.78 is 5.51. The molecule has 0 saturated carbocycles. The summed E-state index contributed by atoms with van der Waals surface area (Å²) in [5.74, 6) is 0.220. The van der Waals surface area contributed by atoms with Gasteiger partial charge in [0.15, 0.2) is 0 Å². The third kappa shape index (κ3) is 3.86. The number of H-pyrrole nitrogens is 1. The fourth-order valence-corrected chi connectivity index (χ4v) is 1.94. The smallest absolute Gasteiger partial charge is 0.260 e. The molecule has 2 rings (SSSR count). The Bertz CT molecular complexity index is 684. The zero-order valence-electron chi connectivity index (χ0n) is 11.5. The molecular weight excluding hydrogens is 292 g/mol. The van der Waals surface area contributed by atoms with Crippen LogP contribution in [0.4, 0.5) is 0 Å². The highest BCUT2D eigenvalue weighted by Crippen LogP contribution is 2.22. The Kier molecular flexibility index (Phi) is 5.00. The molecule has 0 atom stereocenters. The van der Waals surface area contributed by atoms with Gasteiger partial charge in [-0.1, -0.05) is 23.7 Å². The van der Waals surface area contributed by atoms with E-state index in [1.165, 1.54) is 17.2 Å². The van der Waals surface area contributed by atoms with Crippen LogP contribution in [0.2, 0.25) is 5.02 Å². The van der Waals surface area contributed by atoms with Crippen LogP contribution in [0.3, 0.4) is 0 Å². The van der Waals surface area contributed by atoms with E-state index in [2.05, 4.69) is 4.98 Å². The topological polar surface area (TPSA) is 62.4 Å². The predicted octanol–water partition coefficient (Wildman–Crippen LogP) is 2.18. The predicted molar refractivity (Wildman–Crippen MR) is 81.0 cm³/mol. The molecule has 5 nitrogen and oxygen atoms in total. The van der Waals surface area contributed by atoms with Crippen LogP contribution in [0.5, 0.6) is 5.75 Å². The van der Waals surface area contributed by atoms with Crippen molar-refractivity contribution in [2.24, 2.45) is 0 Å². The highest BCUT2D eigenvalue weighted by atomic mass is 35.5. The number of amides is 1. The first-order valence-electron chi connectivity index (χ1n) is 6.40. The molecule has 21 heavy (non-hydrogen) atoms. The van der Waals surface area contributed by atoms with E-state index in [-0.39, 0.29) is 18.1 Å². The highest BCUT2D eigenvalue weighted by molar-refractivity contribution is 6.32. The van der Waals surface area contributed by atoms with Gasteiger partial charge in [-0.3, -0.25) is 9.59 Å². The molecule has 1 N–H and O–H groups in total. The van der Waals surface area contributed by atoms with Crippen molar-refractivity contribution < 1.29 is 9.53 Å². The second-order valence-corrected chi connectivity index (χ2v) is 4.83. The summed E-state index contributed by atoms with van der Waals surface area (Å²) in [6, 6.07) is 10.2. The first-order valence-corrected chi connectivity index (χ1v) is 6.78. The lowest BCUT2D eigenvalue weighted by atomic mass is 10.2. The maximum absolute atomic E-state index is 12.1. The van der Waals surface area contributed by atoms with E-state index in [0.29, 0.717) is 17.3 Å². The molecule has 0 aliphatic rings. The van der Waals surface area contributed by atoms with Gasteiger partial charge in [0.2, 0.25) is 0 Å². The van der Waals surface area contributed by atoms with Gasteiger partial charge in [0, 0.05) is 13.2 Å². The summed E-state index contributed by atoms with van der Waals surface area (Å²) in [6.07, 6.45) is 1.49. The fourth-order valence-electron chi connectivity index (χ4n) is 1.75. The van der Waals surface area contributed by atoms with E-state index in [1.54, 1.807) is 25.2 Å². The van der Waals surface area contributed by atoms with Crippen LogP contribution >= 0.6 is 11.6 Å². The Labute approximate surface area is 127 Å². The monoisotopic (exact) mass is 306 g/mol. The highest BCUT2D eigenvalue weighted by Gasteiger charge is 2.14. The molecule has 1 heterocycles. The van der Waals surface area contributed by atoms with Crippen molar-refractivity contribution in [1.29, 1.82) is 0 Å². The van der Waals surface area contributed by atoms with E-state index in [1.807, 2.05) is 12.1 Å². The number of hydrogen-bond acceptors (Lipinski definition) is 3. The van der Waals surface area contributed by atoms with Crippen LogP contribution in [0.25, 0.3) is 0 Å². The van der Waals surface area contributed by atoms with E-state index in [9.17, 15) is 9.59 Å². The van der Waals surface area contributed by atoms with E-state index >= 15 is 0 Å². The molecule has 0 saturated heterocycles. The van der Waals surface area contributed by atoms with Crippen LogP contribution < -0.4 is 10.3 Å². The molecular formula is C15H15ClN2O3. The Hall–Kier alpha value is -2.27. The molecule has 0 unspecified atom stereocenters. The third-order valence-electron chi connectivity index (χ3n) is 2.92. The SMILES string of the molecule is CN(CCOc1ccccc1Cl)C(=O)c1ccc[nH]c1=O.